The van der Waals surface area contributed by atoms with Crippen LogP contribution in [-0.4, -0.2) is 0 Å². The minimum Gasteiger partial charge on any atom is -0.324 e. The van der Waals surface area contributed by atoms with Crippen molar-refractivity contribution < 1.29 is 0 Å². The molecule has 2 aromatic rings. The van der Waals surface area contributed by atoms with Crippen molar-refractivity contribution in [2.45, 2.75) is 13.0 Å². The van der Waals surface area contributed by atoms with Crippen LogP contribution in [0, 0.1) is 0 Å². The van der Waals surface area contributed by atoms with Gasteiger partial charge in [0.05, 0.1) is 0 Å². The highest BCUT2D eigenvalue weighted by Gasteiger charge is 2.04. The smallest absolute Gasteiger partial charge is 0.0266 e. The van der Waals surface area contributed by atoms with E-state index in [1.807, 2.05) is 19.1 Å². The number of halogens is 1. The molecule has 0 aromatic heterocycles. The third kappa shape index (κ3) is 1.68. The second kappa shape index (κ2) is 3.71. The molecule has 0 amide bonds. The fourth-order valence-electron chi connectivity index (χ4n) is 1.55. The molecule has 1 unspecified atom stereocenters. The summed E-state index contributed by atoms with van der Waals surface area (Å²) in [6, 6.07) is 12.6. The zero-order valence-electron chi connectivity index (χ0n) is 8.00. The molecule has 0 heterocycles. The summed E-state index contributed by atoms with van der Waals surface area (Å²) in [5.41, 5.74) is 7.02. The number of hydrogen-bond acceptors (Lipinski definition) is 1. The molecule has 2 N–H and O–H groups in total. The van der Waals surface area contributed by atoms with Crippen LogP contribution in [0.25, 0.3) is 10.8 Å². The Morgan fingerprint density at radius 3 is 2.64 bits per heavy atom. The topological polar surface area (TPSA) is 26.0 Å². The molecule has 14 heavy (non-hydrogen) atoms. The normalized spacial score (nSPS) is 13.1. The van der Waals surface area contributed by atoms with Gasteiger partial charge in [-0.1, -0.05) is 40.2 Å². The van der Waals surface area contributed by atoms with E-state index in [0.29, 0.717) is 0 Å². The van der Waals surface area contributed by atoms with Gasteiger partial charge in [0.15, 0.2) is 0 Å². The predicted octanol–water partition coefficient (Wildman–Crippen LogP) is 3.62. The molecule has 1 atom stereocenters. The summed E-state index contributed by atoms with van der Waals surface area (Å²) in [5, 5.41) is 2.46. The molecule has 0 saturated heterocycles. The molecule has 0 aliphatic heterocycles. The Balaban J connectivity index is 2.72. The Bertz CT molecular complexity index is 463. The van der Waals surface area contributed by atoms with E-state index in [-0.39, 0.29) is 6.04 Å². The summed E-state index contributed by atoms with van der Waals surface area (Å²) >= 11 is 3.56. The summed E-state index contributed by atoms with van der Waals surface area (Å²) < 4.78 is 1.11. The lowest BCUT2D eigenvalue weighted by Crippen LogP contribution is -2.04. The Morgan fingerprint density at radius 1 is 1.21 bits per heavy atom. The molecule has 2 heteroatoms. The van der Waals surface area contributed by atoms with Crippen LogP contribution in [0.5, 0.6) is 0 Å². The van der Waals surface area contributed by atoms with E-state index in [2.05, 4.69) is 40.2 Å². The highest BCUT2D eigenvalue weighted by atomic mass is 79.9. The molecule has 2 aromatic carbocycles. The number of hydrogen-bond donors (Lipinski definition) is 1. The van der Waals surface area contributed by atoms with Crippen molar-refractivity contribution in [2.75, 3.05) is 0 Å². The summed E-state index contributed by atoms with van der Waals surface area (Å²) in [6.07, 6.45) is 0. The molecule has 0 bridgehead atoms. The van der Waals surface area contributed by atoms with Crippen LogP contribution in [0.3, 0.4) is 0 Å². The van der Waals surface area contributed by atoms with Gasteiger partial charge in [-0.05, 0) is 35.4 Å². The van der Waals surface area contributed by atoms with Gasteiger partial charge in [0.25, 0.3) is 0 Å². The molecular formula is C12H12BrN. The Hall–Kier alpha value is -0.860. The van der Waals surface area contributed by atoms with Crippen LogP contribution in [0.4, 0.5) is 0 Å². The first-order valence-corrected chi connectivity index (χ1v) is 5.41. The van der Waals surface area contributed by atoms with Gasteiger partial charge in [-0.2, -0.15) is 0 Å². The van der Waals surface area contributed by atoms with Crippen molar-refractivity contribution in [1.82, 2.24) is 0 Å². The molecule has 1 nitrogen and oxygen atoms in total. The van der Waals surface area contributed by atoms with Crippen LogP contribution >= 0.6 is 15.9 Å². The average Bonchev–Trinajstić information content (AvgIpc) is 2.17. The lowest BCUT2D eigenvalue weighted by molar-refractivity contribution is 0.819. The van der Waals surface area contributed by atoms with Crippen LogP contribution in [0.1, 0.15) is 18.5 Å². The summed E-state index contributed by atoms with van der Waals surface area (Å²) in [6.45, 7) is 2.00. The first-order chi connectivity index (χ1) is 6.68. The molecule has 0 saturated carbocycles. The van der Waals surface area contributed by atoms with Gasteiger partial charge < -0.3 is 5.73 Å². The third-order valence-electron chi connectivity index (χ3n) is 2.36. The van der Waals surface area contributed by atoms with E-state index in [9.17, 15) is 0 Å². The lowest BCUT2D eigenvalue weighted by Gasteiger charge is -2.08. The van der Waals surface area contributed by atoms with Gasteiger partial charge in [0.1, 0.15) is 0 Å². The fraction of sp³-hybridized carbons (Fsp3) is 0.167. The zero-order chi connectivity index (χ0) is 10.1. The first kappa shape index (κ1) is 9.69. The maximum Gasteiger partial charge on any atom is 0.0266 e. The van der Waals surface area contributed by atoms with E-state index >= 15 is 0 Å². The van der Waals surface area contributed by atoms with Crippen molar-refractivity contribution in [2.24, 2.45) is 5.73 Å². The molecular weight excluding hydrogens is 238 g/mol. The van der Waals surface area contributed by atoms with Gasteiger partial charge in [0.2, 0.25) is 0 Å². The maximum atomic E-state index is 5.85. The largest absolute Gasteiger partial charge is 0.324 e. The van der Waals surface area contributed by atoms with Crippen molar-refractivity contribution in [3.8, 4) is 0 Å². The second-order valence-corrected chi connectivity index (χ2v) is 4.37. The number of fused-ring (bicyclic) bond motifs is 1. The molecule has 2 rings (SSSR count). The average molecular weight is 250 g/mol. The summed E-state index contributed by atoms with van der Waals surface area (Å²) in [4.78, 5) is 0. The van der Waals surface area contributed by atoms with Crippen molar-refractivity contribution in [3.05, 3.63) is 46.4 Å². The van der Waals surface area contributed by atoms with E-state index < -0.39 is 0 Å². The lowest BCUT2D eigenvalue weighted by atomic mass is 10.0. The summed E-state index contributed by atoms with van der Waals surface area (Å²) in [5.74, 6) is 0. The Morgan fingerprint density at radius 2 is 1.93 bits per heavy atom. The molecule has 0 aliphatic carbocycles. The number of nitrogens with two attached hydrogens (primary N) is 1. The van der Waals surface area contributed by atoms with Gasteiger partial charge in [-0.3, -0.25) is 0 Å². The van der Waals surface area contributed by atoms with Gasteiger partial charge >= 0.3 is 0 Å². The molecule has 0 spiro atoms. The first-order valence-electron chi connectivity index (χ1n) is 4.62. The third-order valence-corrected chi connectivity index (χ3v) is 3.02. The molecule has 0 aliphatic rings. The highest BCUT2D eigenvalue weighted by molar-refractivity contribution is 9.10. The van der Waals surface area contributed by atoms with E-state index in [0.717, 1.165) is 10.0 Å². The fourth-order valence-corrected chi connectivity index (χ4v) is 2.17. The van der Waals surface area contributed by atoms with Gasteiger partial charge in [-0.25, -0.2) is 0 Å². The second-order valence-electron chi connectivity index (χ2n) is 3.51. The minimum absolute atomic E-state index is 0.0795. The molecule has 72 valence electrons. The predicted molar refractivity (Wildman–Crippen MR) is 64.3 cm³/mol. The van der Waals surface area contributed by atoms with Gasteiger partial charge in [-0.15, -0.1) is 0 Å². The molecule has 0 radical (unpaired) electrons. The standard InChI is InChI=1S/C12H12BrN/c1-8(14)10-6-9-4-2-3-5-11(9)12(13)7-10/h2-8H,14H2,1H3. The monoisotopic (exact) mass is 249 g/mol. The van der Waals surface area contributed by atoms with Crippen molar-refractivity contribution in [1.29, 1.82) is 0 Å². The summed E-state index contributed by atoms with van der Waals surface area (Å²) in [7, 11) is 0. The Labute approximate surface area is 92.1 Å². The highest BCUT2D eigenvalue weighted by Crippen LogP contribution is 2.27. The van der Waals surface area contributed by atoms with Crippen LogP contribution in [0.15, 0.2) is 40.9 Å². The SMILES string of the molecule is CC(N)c1cc(Br)c2ccccc2c1. The van der Waals surface area contributed by atoms with Crippen molar-refractivity contribution >= 4 is 26.7 Å². The molecule has 0 fully saturated rings. The number of benzene rings is 2. The Kier molecular flexibility index (Phi) is 2.57. The zero-order valence-corrected chi connectivity index (χ0v) is 9.58. The van der Waals surface area contributed by atoms with E-state index in [1.165, 1.54) is 10.8 Å². The van der Waals surface area contributed by atoms with E-state index in [1.54, 1.807) is 0 Å². The maximum absolute atomic E-state index is 5.85. The van der Waals surface area contributed by atoms with E-state index in [4.69, 9.17) is 5.73 Å². The quantitative estimate of drug-likeness (QED) is 0.821. The number of rotatable bonds is 1. The van der Waals surface area contributed by atoms with Crippen LogP contribution in [0.2, 0.25) is 0 Å². The van der Waals surface area contributed by atoms with Crippen LogP contribution in [-0.2, 0) is 0 Å². The van der Waals surface area contributed by atoms with Gasteiger partial charge in [0, 0.05) is 10.5 Å². The minimum atomic E-state index is 0.0795. The van der Waals surface area contributed by atoms with Crippen molar-refractivity contribution in [3.63, 3.8) is 0 Å². The van der Waals surface area contributed by atoms with Crippen LogP contribution < -0.4 is 5.73 Å².